The van der Waals surface area contributed by atoms with Crippen molar-refractivity contribution in [1.29, 1.82) is 0 Å². The number of carbonyl (C=O) groups is 1. The number of rotatable bonds is 3. The van der Waals surface area contributed by atoms with E-state index in [1.165, 1.54) is 0 Å². The zero-order chi connectivity index (χ0) is 13.9. The van der Waals surface area contributed by atoms with Gasteiger partial charge < -0.3 is 10.1 Å². The van der Waals surface area contributed by atoms with Crippen molar-refractivity contribution in [2.45, 2.75) is 18.9 Å². The minimum absolute atomic E-state index is 0.112. The molecule has 1 saturated heterocycles. The smallest absolute Gasteiger partial charge is 0.253 e. The van der Waals surface area contributed by atoms with Gasteiger partial charge in [0.05, 0.1) is 22.6 Å². The second kappa shape index (κ2) is 5.72. The van der Waals surface area contributed by atoms with Gasteiger partial charge in [-0.15, -0.1) is 0 Å². The summed E-state index contributed by atoms with van der Waals surface area (Å²) in [7, 11) is 0. The van der Waals surface area contributed by atoms with Crippen LogP contribution in [0.2, 0.25) is 0 Å². The lowest BCUT2D eigenvalue weighted by Crippen LogP contribution is -2.26. The van der Waals surface area contributed by atoms with Gasteiger partial charge >= 0.3 is 0 Å². The predicted molar refractivity (Wildman–Crippen MR) is 76.7 cm³/mol. The number of hydrogen-bond donors (Lipinski definition) is 1. The standard InChI is InChI=1S/C13H13BrN4O2/c14-9-6-16-18(8-9)12-4-3-10(7-15-12)17-13(19)11-2-1-5-20-11/h3-4,6-8,11H,1-2,5H2,(H,17,19)/t11-/m0/s1. The fourth-order valence-corrected chi connectivity index (χ4v) is 2.31. The van der Waals surface area contributed by atoms with Crippen LogP contribution in [0.1, 0.15) is 12.8 Å². The first-order chi connectivity index (χ1) is 9.72. The van der Waals surface area contributed by atoms with Gasteiger partial charge in [0.1, 0.15) is 6.10 Å². The van der Waals surface area contributed by atoms with E-state index in [9.17, 15) is 4.79 Å². The highest BCUT2D eigenvalue weighted by atomic mass is 79.9. The number of pyridine rings is 1. The molecule has 3 rings (SSSR count). The summed E-state index contributed by atoms with van der Waals surface area (Å²) in [4.78, 5) is 16.2. The van der Waals surface area contributed by atoms with Crippen molar-refractivity contribution >= 4 is 27.5 Å². The van der Waals surface area contributed by atoms with Crippen LogP contribution in [0.4, 0.5) is 5.69 Å². The van der Waals surface area contributed by atoms with Gasteiger partial charge in [-0.25, -0.2) is 9.67 Å². The van der Waals surface area contributed by atoms with Gasteiger partial charge in [0, 0.05) is 12.8 Å². The van der Waals surface area contributed by atoms with Gasteiger partial charge in [0.2, 0.25) is 0 Å². The van der Waals surface area contributed by atoms with E-state index >= 15 is 0 Å². The largest absolute Gasteiger partial charge is 0.368 e. The molecule has 2 aromatic rings. The molecule has 20 heavy (non-hydrogen) atoms. The minimum Gasteiger partial charge on any atom is -0.368 e. The maximum atomic E-state index is 11.9. The van der Waals surface area contributed by atoms with Crippen LogP contribution in [0.3, 0.4) is 0 Å². The van der Waals surface area contributed by atoms with Gasteiger partial charge in [-0.2, -0.15) is 5.10 Å². The molecule has 1 amide bonds. The Morgan fingerprint density at radius 2 is 2.35 bits per heavy atom. The van der Waals surface area contributed by atoms with Gasteiger partial charge in [0.15, 0.2) is 5.82 Å². The lowest BCUT2D eigenvalue weighted by Gasteiger charge is -2.10. The van der Waals surface area contributed by atoms with E-state index in [0.29, 0.717) is 18.1 Å². The SMILES string of the molecule is O=C(Nc1ccc(-n2cc(Br)cn2)nc1)[C@@H]1CCCO1. The molecular formula is C13H13BrN4O2. The number of ether oxygens (including phenoxy) is 1. The van der Waals surface area contributed by atoms with Crippen molar-refractivity contribution in [2.24, 2.45) is 0 Å². The van der Waals surface area contributed by atoms with Crippen molar-refractivity contribution in [3.05, 3.63) is 35.2 Å². The molecule has 1 aliphatic rings. The van der Waals surface area contributed by atoms with E-state index < -0.39 is 0 Å². The molecule has 0 aliphatic carbocycles. The normalized spacial score (nSPS) is 18.1. The fourth-order valence-electron chi connectivity index (χ4n) is 2.03. The second-order valence-corrected chi connectivity index (χ2v) is 5.41. The average Bonchev–Trinajstić information content (AvgIpc) is 3.10. The first-order valence-electron chi connectivity index (χ1n) is 6.31. The number of nitrogens with one attached hydrogen (secondary N) is 1. The molecule has 1 atom stereocenters. The summed E-state index contributed by atoms with van der Waals surface area (Å²) in [5, 5.41) is 6.94. The molecule has 0 bridgehead atoms. The molecule has 0 radical (unpaired) electrons. The summed E-state index contributed by atoms with van der Waals surface area (Å²) in [6.07, 6.45) is 6.48. The summed E-state index contributed by atoms with van der Waals surface area (Å²) < 4.78 is 7.86. The van der Waals surface area contributed by atoms with Crippen molar-refractivity contribution in [2.75, 3.05) is 11.9 Å². The number of nitrogens with zero attached hydrogens (tertiary/aromatic N) is 3. The molecular weight excluding hydrogens is 324 g/mol. The van der Waals surface area contributed by atoms with Crippen LogP contribution >= 0.6 is 15.9 Å². The highest BCUT2D eigenvalue weighted by Crippen LogP contribution is 2.16. The number of anilines is 1. The Hall–Kier alpha value is -1.73. The Labute approximate surface area is 124 Å². The molecule has 0 spiro atoms. The van der Waals surface area contributed by atoms with Crippen LogP contribution in [0, 0.1) is 0 Å². The number of aromatic nitrogens is 3. The highest BCUT2D eigenvalue weighted by molar-refractivity contribution is 9.10. The van der Waals surface area contributed by atoms with Crippen LogP contribution < -0.4 is 5.32 Å². The van der Waals surface area contributed by atoms with E-state index in [0.717, 1.165) is 17.3 Å². The Bertz CT molecular complexity index is 605. The summed E-state index contributed by atoms with van der Waals surface area (Å²) in [6.45, 7) is 0.656. The maximum absolute atomic E-state index is 11.9. The zero-order valence-electron chi connectivity index (χ0n) is 10.6. The predicted octanol–water partition coefficient (Wildman–Crippen LogP) is 2.15. The van der Waals surface area contributed by atoms with Crippen LogP contribution in [0.25, 0.3) is 5.82 Å². The van der Waals surface area contributed by atoms with Gasteiger partial charge in [-0.05, 0) is 40.9 Å². The summed E-state index contributed by atoms with van der Waals surface area (Å²) in [6, 6.07) is 3.59. The summed E-state index contributed by atoms with van der Waals surface area (Å²) in [5.41, 5.74) is 0.653. The van der Waals surface area contributed by atoms with Crippen molar-refractivity contribution in [3.63, 3.8) is 0 Å². The van der Waals surface area contributed by atoms with E-state index in [-0.39, 0.29) is 12.0 Å². The average molecular weight is 337 g/mol. The van der Waals surface area contributed by atoms with E-state index in [4.69, 9.17) is 4.74 Å². The summed E-state index contributed by atoms with van der Waals surface area (Å²) >= 11 is 3.33. The molecule has 0 saturated carbocycles. The van der Waals surface area contributed by atoms with Crippen LogP contribution in [0.5, 0.6) is 0 Å². The number of hydrogen-bond acceptors (Lipinski definition) is 4. The zero-order valence-corrected chi connectivity index (χ0v) is 12.2. The molecule has 2 aromatic heterocycles. The number of carbonyl (C=O) groups excluding carboxylic acids is 1. The second-order valence-electron chi connectivity index (χ2n) is 4.50. The van der Waals surface area contributed by atoms with Crippen LogP contribution in [-0.2, 0) is 9.53 Å². The lowest BCUT2D eigenvalue weighted by atomic mass is 10.2. The molecule has 1 fully saturated rings. The lowest BCUT2D eigenvalue weighted by molar-refractivity contribution is -0.124. The molecule has 0 unspecified atom stereocenters. The Kier molecular flexibility index (Phi) is 3.79. The molecule has 1 N–H and O–H groups in total. The molecule has 104 valence electrons. The van der Waals surface area contributed by atoms with Gasteiger partial charge in [0.25, 0.3) is 5.91 Å². The topological polar surface area (TPSA) is 69.0 Å². The van der Waals surface area contributed by atoms with Crippen LogP contribution in [0.15, 0.2) is 35.2 Å². The van der Waals surface area contributed by atoms with Crippen LogP contribution in [-0.4, -0.2) is 33.4 Å². The third kappa shape index (κ3) is 2.88. The summed E-state index contributed by atoms with van der Waals surface area (Å²) in [5.74, 6) is 0.574. The minimum atomic E-state index is -0.336. The van der Waals surface area contributed by atoms with Crippen molar-refractivity contribution in [1.82, 2.24) is 14.8 Å². The van der Waals surface area contributed by atoms with Gasteiger partial charge in [-0.3, -0.25) is 4.79 Å². The third-order valence-electron chi connectivity index (χ3n) is 3.02. The van der Waals surface area contributed by atoms with E-state index in [2.05, 4.69) is 31.3 Å². The molecule has 3 heterocycles. The first kappa shape index (κ1) is 13.3. The fraction of sp³-hybridized carbons (Fsp3) is 0.308. The molecule has 0 aromatic carbocycles. The Morgan fingerprint density at radius 3 is 2.95 bits per heavy atom. The van der Waals surface area contributed by atoms with Crippen molar-refractivity contribution < 1.29 is 9.53 Å². The first-order valence-corrected chi connectivity index (χ1v) is 7.11. The third-order valence-corrected chi connectivity index (χ3v) is 3.43. The van der Waals surface area contributed by atoms with Crippen molar-refractivity contribution in [3.8, 4) is 5.82 Å². The monoisotopic (exact) mass is 336 g/mol. The molecule has 6 nitrogen and oxygen atoms in total. The Balaban J connectivity index is 1.68. The quantitative estimate of drug-likeness (QED) is 0.932. The maximum Gasteiger partial charge on any atom is 0.253 e. The highest BCUT2D eigenvalue weighted by Gasteiger charge is 2.23. The van der Waals surface area contributed by atoms with E-state index in [1.807, 2.05) is 6.20 Å². The number of halogens is 1. The van der Waals surface area contributed by atoms with E-state index in [1.54, 1.807) is 29.2 Å². The van der Waals surface area contributed by atoms with Gasteiger partial charge in [-0.1, -0.05) is 0 Å². The number of amides is 1. The molecule has 7 heteroatoms. The Morgan fingerprint density at radius 1 is 1.45 bits per heavy atom. The molecule has 1 aliphatic heterocycles.